The summed E-state index contributed by atoms with van der Waals surface area (Å²) < 4.78 is 31.6. The highest BCUT2D eigenvalue weighted by molar-refractivity contribution is 7.89. The molecule has 1 rings (SSSR count). The van der Waals surface area contributed by atoms with Crippen LogP contribution < -0.4 is 10.0 Å². The van der Waals surface area contributed by atoms with E-state index in [1.807, 2.05) is 0 Å². The fraction of sp³-hybridized carbons (Fsp3) is 1.00. The van der Waals surface area contributed by atoms with Crippen LogP contribution >= 0.6 is 0 Å². The molecular weight excluding hydrogens is 264 g/mol. The summed E-state index contributed by atoms with van der Waals surface area (Å²) in [6.07, 6.45) is 5.94. The number of hydrogen-bond acceptors (Lipinski definition) is 4. The average Bonchev–Trinajstić information content (AvgIpc) is 2.86. The van der Waals surface area contributed by atoms with E-state index in [1.54, 1.807) is 0 Å². The van der Waals surface area contributed by atoms with Crippen LogP contribution in [0.15, 0.2) is 0 Å². The lowest BCUT2D eigenvalue weighted by molar-refractivity contribution is 0.105. The van der Waals surface area contributed by atoms with Gasteiger partial charge >= 0.3 is 0 Å². The maximum absolute atomic E-state index is 11.7. The smallest absolute Gasteiger partial charge is 0.211 e. The Morgan fingerprint density at radius 1 is 1.21 bits per heavy atom. The van der Waals surface area contributed by atoms with Crippen molar-refractivity contribution in [1.29, 1.82) is 0 Å². The molecule has 0 bridgehead atoms. The maximum Gasteiger partial charge on any atom is 0.211 e. The van der Waals surface area contributed by atoms with Crippen LogP contribution in [0, 0.1) is 0 Å². The summed E-state index contributed by atoms with van der Waals surface area (Å²) in [6.45, 7) is 5.35. The molecular formula is C13H28N2O3S. The molecule has 0 aromatic heterocycles. The average molecular weight is 292 g/mol. The van der Waals surface area contributed by atoms with Gasteiger partial charge in [0.15, 0.2) is 0 Å². The lowest BCUT2D eigenvalue weighted by Gasteiger charge is -2.10. The van der Waals surface area contributed by atoms with Crippen molar-refractivity contribution in [2.75, 3.05) is 32.0 Å². The first kappa shape index (κ1) is 16.9. The normalized spacial score (nSPS) is 19.9. The predicted octanol–water partition coefficient (Wildman–Crippen LogP) is 1.25. The third-order valence-corrected chi connectivity index (χ3v) is 4.73. The third-order valence-electron chi connectivity index (χ3n) is 3.26. The van der Waals surface area contributed by atoms with Gasteiger partial charge in [0.25, 0.3) is 0 Å². The minimum Gasteiger partial charge on any atom is -0.378 e. The standard InChI is InChI=1S/C13H28N2O3S/c1-2-8-14-9-3-4-12-19(16,17)15-10-7-13-6-5-11-18-13/h13-15H,2-12H2,1H3. The number of unbranched alkanes of at least 4 members (excludes halogenated alkanes) is 1. The van der Waals surface area contributed by atoms with Gasteiger partial charge in [0, 0.05) is 13.2 Å². The Labute approximate surface area is 117 Å². The van der Waals surface area contributed by atoms with Gasteiger partial charge < -0.3 is 10.1 Å². The molecule has 2 N–H and O–H groups in total. The van der Waals surface area contributed by atoms with Crippen molar-refractivity contribution in [2.45, 2.75) is 51.6 Å². The maximum atomic E-state index is 11.7. The van der Waals surface area contributed by atoms with Gasteiger partial charge in [-0.2, -0.15) is 0 Å². The second-order valence-corrected chi connectivity index (χ2v) is 7.02. The molecule has 6 heteroatoms. The topological polar surface area (TPSA) is 67.4 Å². The first-order valence-electron chi connectivity index (χ1n) is 7.43. The van der Waals surface area contributed by atoms with Crippen LogP contribution in [0.5, 0.6) is 0 Å². The molecule has 0 aromatic rings. The van der Waals surface area contributed by atoms with Crippen molar-refractivity contribution < 1.29 is 13.2 Å². The lowest BCUT2D eigenvalue weighted by atomic mass is 10.2. The molecule has 1 aliphatic heterocycles. The summed E-state index contributed by atoms with van der Waals surface area (Å²) in [6, 6.07) is 0. The highest BCUT2D eigenvalue weighted by Gasteiger charge is 2.16. The molecule has 0 radical (unpaired) electrons. The minimum absolute atomic E-state index is 0.229. The molecule has 0 amide bonds. The zero-order valence-corrected chi connectivity index (χ0v) is 12.8. The molecule has 1 unspecified atom stereocenters. The lowest BCUT2D eigenvalue weighted by Crippen LogP contribution is -2.29. The second-order valence-electron chi connectivity index (χ2n) is 5.09. The summed E-state index contributed by atoms with van der Waals surface area (Å²) in [5, 5.41) is 3.27. The van der Waals surface area contributed by atoms with Gasteiger partial charge in [-0.3, -0.25) is 0 Å². The van der Waals surface area contributed by atoms with Crippen LogP contribution in [-0.4, -0.2) is 46.5 Å². The molecule has 1 saturated heterocycles. The number of hydrogen-bond donors (Lipinski definition) is 2. The number of rotatable bonds is 11. The Balaban J connectivity index is 2.00. The zero-order valence-electron chi connectivity index (χ0n) is 12.0. The van der Waals surface area contributed by atoms with Gasteiger partial charge in [0.1, 0.15) is 0 Å². The van der Waals surface area contributed by atoms with E-state index in [0.29, 0.717) is 13.0 Å². The summed E-state index contributed by atoms with van der Waals surface area (Å²) in [4.78, 5) is 0. The van der Waals surface area contributed by atoms with Crippen LogP contribution in [0.2, 0.25) is 0 Å². The number of sulfonamides is 1. The van der Waals surface area contributed by atoms with E-state index < -0.39 is 10.0 Å². The van der Waals surface area contributed by atoms with E-state index in [1.165, 1.54) is 0 Å². The fourth-order valence-corrected chi connectivity index (χ4v) is 3.32. The Hall–Kier alpha value is -0.170. The first-order chi connectivity index (χ1) is 9.14. The quantitative estimate of drug-likeness (QED) is 0.563. The number of ether oxygens (including phenoxy) is 1. The highest BCUT2D eigenvalue weighted by atomic mass is 32.2. The summed E-state index contributed by atoms with van der Waals surface area (Å²) >= 11 is 0. The fourth-order valence-electron chi connectivity index (χ4n) is 2.16. The van der Waals surface area contributed by atoms with Crippen molar-refractivity contribution in [3.8, 4) is 0 Å². The molecule has 114 valence electrons. The molecule has 0 aliphatic carbocycles. The Morgan fingerprint density at radius 2 is 2.05 bits per heavy atom. The second kappa shape index (κ2) is 9.69. The van der Waals surface area contributed by atoms with Gasteiger partial charge in [-0.25, -0.2) is 13.1 Å². The van der Waals surface area contributed by atoms with Crippen molar-refractivity contribution in [3.63, 3.8) is 0 Å². The van der Waals surface area contributed by atoms with Crippen LogP contribution in [-0.2, 0) is 14.8 Å². The predicted molar refractivity (Wildman–Crippen MR) is 77.8 cm³/mol. The summed E-state index contributed by atoms with van der Waals surface area (Å²) in [7, 11) is -3.10. The van der Waals surface area contributed by atoms with Crippen LogP contribution in [0.4, 0.5) is 0 Å². The summed E-state index contributed by atoms with van der Waals surface area (Å²) in [5.74, 6) is 0.229. The van der Waals surface area contributed by atoms with E-state index in [-0.39, 0.29) is 11.9 Å². The van der Waals surface area contributed by atoms with Crippen LogP contribution in [0.1, 0.15) is 45.4 Å². The third kappa shape index (κ3) is 8.57. The monoisotopic (exact) mass is 292 g/mol. The van der Waals surface area contributed by atoms with E-state index >= 15 is 0 Å². The molecule has 1 aliphatic rings. The minimum atomic E-state index is -3.10. The molecule has 0 spiro atoms. The van der Waals surface area contributed by atoms with E-state index in [9.17, 15) is 8.42 Å². The van der Waals surface area contributed by atoms with Gasteiger partial charge in [-0.05, 0) is 51.6 Å². The van der Waals surface area contributed by atoms with Gasteiger partial charge in [0.2, 0.25) is 10.0 Å². The highest BCUT2D eigenvalue weighted by Crippen LogP contribution is 2.14. The van der Waals surface area contributed by atoms with Crippen LogP contribution in [0.3, 0.4) is 0 Å². The van der Waals surface area contributed by atoms with E-state index in [2.05, 4.69) is 17.0 Å². The molecule has 19 heavy (non-hydrogen) atoms. The summed E-state index contributed by atoms with van der Waals surface area (Å²) in [5.41, 5.74) is 0. The van der Waals surface area contributed by atoms with Gasteiger partial charge in [0.05, 0.1) is 11.9 Å². The Kier molecular flexibility index (Phi) is 8.61. The molecule has 0 aromatic carbocycles. The SMILES string of the molecule is CCCNCCCCS(=O)(=O)NCCC1CCCO1. The van der Waals surface area contributed by atoms with Crippen molar-refractivity contribution in [2.24, 2.45) is 0 Å². The van der Waals surface area contributed by atoms with Crippen LogP contribution in [0.25, 0.3) is 0 Å². The van der Waals surface area contributed by atoms with Gasteiger partial charge in [-0.15, -0.1) is 0 Å². The largest absolute Gasteiger partial charge is 0.378 e. The molecule has 1 fully saturated rings. The Morgan fingerprint density at radius 3 is 2.74 bits per heavy atom. The molecule has 5 nitrogen and oxygen atoms in total. The molecule has 0 saturated carbocycles. The van der Waals surface area contributed by atoms with E-state index in [0.717, 1.165) is 51.8 Å². The van der Waals surface area contributed by atoms with E-state index in [4.69, 9.17) is 4.74 Å². The first-order valence-corrected chi connectivity index (χ1v) is 9.09. The number of nitrogens with one attached hydrogen (secondary N) is 2. The molecule has 1 atom stereocenters. The zero-order chi connectivity index (χ0) is 14.0. The van der Waals surface area contributed by atoms with Crippen molar-refractivity contribution >= 4 is 10.0 Å². The molecule has 1 heterocycles. The Bertz CT molecular complexity index is 314. The van der Waals surface area contributed by atoms with Crippen molar-refractivity contribution in [3.05, 3.63) is 0 Å². The van der Waals surface area contributed by atoms with Crippen molar-refractivity contribution in [1.82, 2.24) is 10.0 Å². The van der Waals surface area contributed by atoms with Gasteiger partial charge in [-0.1, -0.05) is 6.92 Å².